The van der Waals surface area contributed by atoms with Gasteiger partial charge in [-0.15, -0.1) is 0 Å². The number of hydrogen-bond donors (Lipinski definition) is 1. The van der Waals surface area contributed by atoms with E-state index in [1.54, 1.807) is 0 Å². The van der Waals surface area contributed by atoms with E-state index < -0.39 is 0 Å². The fraction of sp³-hybridized carbons (Fsp3) is 0.412. The maximum atomic E-state index is 12.6. The van der Waals surface area contributed by atoms with Crippen molar-refractivity contribution >= 4 is 17.5 Å². The molecule has 4 heteroatoms. The molecule has 0 saturated carbocycles. The molecule has 1 N–H and O–H groups in total. The van der Waals surface area contributed by atoms with Crippen molar-refractivity contribution in [2.45, 2.75) is 26.3 Å². The molecule has 110 valence electrons. The Morgan fingerprint density at radius 1 is 1.10 bits per heavy atom. The monoisotopic (exact) mass is 284 g/mol. The Kier molecular flexibility index (Phi) is 3.88. The van der Waals surface area contributed by atoms with Crippen molar-refractivity contribution < 1.29 is 9.59 Å². The zero-order valence-corrected chi connectivity index (χ0v) is 12.2. The van der Waals surface area contributed by atoms with Gasteiger partial charge in [-0.2, -0.15) is 0 Å². The summed E-state index contributed by atoms with van der Waals surface area (Å²) in [6, 6.07) is 7.66. The normalized spacial score (nSPS) is 24.5. The summed E-state index contributed by atoms with van der Waals surface area (Å²) in [5, 5.41) is 3.26. The van der Waals surface area contributed by atoms with Crippen LogP contribution in [0.25, 0.3) is 0 Å². The van der Waals surface area contributed by atoms with E-state index in [0.29, 0.717) is 19.4 Å². The molecule has 0 radical (unpaired) electrons. The van der Waals surface area contributed by atoms with Crippen LogP contribution in [0.1, 0.15) is 25.3 Å². The standard InChI is InChI=1S/C17H20N2O2/c1-2-18-11-12-7-3-6-10-15(12)19-16(20)13-8-4-5-9-14(13)17(19)21/h3-7,10,13-14,18H,2,8-9,11H2,1H3/t13-,14+. The highest BCUT2D eigenvalue weighted by molar-refractivity contribution is 6.22. The largest absolute Gasteiger partial charge is 0.313 e. The second-order valence-electron chi connectivity index (χ2n) is 5.58. The Balaban J connectivity index is 1.94. The van der Waals surface area contributed by atoms with Gasteiger partial charge in [-0.05, 0) is 31.0 Å². The number of imide groups is 1. The number of allylic oxidation sites excluding steroid dienone is 2. The molecule has 4 nitrogen and oxygen atoms in total. The summed E-state index contributed by atoms with van der Waals surface area (Å²) < 4.78 is 0. The van der Waals surface area contributed by atoms with E-state index in [1.807, 2.05) is 43.3 Å². The molecular weight excluding hydrogens is 264 g/mol. The zero-order valence-electron chi connectivity index (χ0n) is 12.2. The predicted molar refractivity (Wildman–Crippen MR) is 81.7 cm³/mol. The highest BCUT2D eigenvalue weighted by Gasteiger charge is 2.48. The van der Waals surface area contributed by atoms with E-state index in [2.05, 4.69) is 5.32 Å². The minimum absolute atomic E-state index is 0.0432. The summed E-state index contributed by atoms with van der Waals surface area (Å²) in [6.45, 7) is 3.55. The number of para-hydroxylation sites is 1. The first-order valence-corrected chi connectivity index (χ1v) is 7.55. The molecule has 21 heavy (non-hydrogen) atoms. The van der Waals surface area contributed by atoms with E-state index in [0.717, 1.165) is 17.8 Å². The summed E-state index contributed by atoms with van der Waals surface area (Å²) in [6.07, 6.45) is 5.39. The van der Waals surface area contributed by atoms with Crippen LogP contribution >= 0.6 is 0 Å². The van der Waals surface area contributed by atoms with Gasteiger partial charge in [0, 0.05) is 6.54 Å². The maximum Gasteiger partial charge on any atom is 0.238 e. The Morgan fingerprint density at radius 3 is 2.33 bits per heavy atom. The van der Waals surface area contributed by atoms with Crippen LogP contribution in [0.4, 0.5) is 5.69 Å². The molecule has 0 bridgehead atoms. The van der Waals surface area contributed by atoms with Crippen LogP contribution in [0, 0.1) is 11.8 Å². The number of nitrogens with zero attached hydrogens (tertiary/aromatic N) is 1. The molecular formula is C17H20N2O2. The van der Waals surface area contributed by atoms with Gasteiger partial charge in [0.25, 0.3) is 0 Å². The number of amides is 2. The van der Waals surface area contributed by atoms with Crippen LogP contribution in [-0.4, -0.2) is 18.4 Å². The van der Waals surface area contributed by atoms with Gasteiger partial charge in [0.05, 0.1) is 17.5 Å². The molecule has 3 rings (SSSR count). The van der Waals surface area contributed by atoms with Gasteiger partial charge >= 0.3 is 0 Å². The fourth-order valence-electron chi connectivity index (χ4n) is 3.18. The van der Waals surface area contributed by atoms with Gasteiger partial charge in [0.15, 0.2) is 0 Å². The third kappa shape index (κ3) is 2.40. The number of carbonyl (C=O) groups is 2. The van der Waals surface area contributed by atoms with Gasteiger partial charge in [0.1, 0.15) is 0 Å². The highest BCUT2D eigenvalue weighted by atomic mass is 16.2. The lowest BCUT2D eigenvalue weighted by Gasteiger charge is -2.19. The first-order valence-electron chi connectivity index (χ1n) is 7.55. The second kappa shape index (κ2) is 5.82. The summed E-state index contributed by atoms with van der Waals surface area (Å²) >= 11 is 0. The van der Waals surface area contributed by atoms with Crippen molar-refractivity contribution in [1.82, 2.24) is 5.32 Å². The topological polar surface area (TPSA) is 49.4 Å². The number of fused-ring (bicyclic) bond motifs is 1. The van der Waals surface area contributed by atoms with E-state index in [4.69, 9.17) is 0 Å². The Hall–Kier alpha value is -1.94. The average Bonchev–Trinajstić information content (AvgIpc) is 2.78. The van der Waals surface area contributed by atoms with Crippen molar-refractivity contribution in [3.05, 3.63) is 42.0 Å². The highest BCUT2D eigenvalue weighted by Crippen LogP contribution is 2.38. The van der Waals surface area contributed by atoms with E-state index in [9.17, 15) is 9.59 Å². The third-order valence-electron chi connectivity index (χ3n) is 4.31. The van der Waals surface area contributed by atoms with E-state index in [-0.39, 0.29) is 23.7 Å². The van der Waals surface area contributed by atoms with E-state index >= 15 is 0 Å². The predicted octanol–water partition coefficient (Wildman–Crippen LogP) is 2.25. The van der Waals surface area contributed by atoms with Crippen molar-refractivity contribution in [2.24, 2.45) is 11.8 Å². The summed E-state index contributed by atoms with van der Waals surface area (Å²) in [4.78, 5) is 26.7. The molecule has 0 spiro atoms. The molecule has 1 aliphatic carbocycles. The number of carbonyl (C=O) groups excluding carboxylic acids is 2. The number of rotatable bonds is 4. The number of hydrogen-bond acceptors (Lipinski definition) is 3. The Labute approximate surface area is 124 Å². The lowest BCUT2D eigenvalue weighted by molar-refractivity contribution is -0.122. The maximum absolute atomic E-state index is 12.6. The molecule has 1 aliphatic heterocycles. The van der Waals surface area contributed by atoms with Crippen molar-refractivity contribution in [3.63, 3.8) is 0 Å². The van der Waals surface area contributed by atoms with E-state index in [1.165, 1.54) is 4.90 Å². The average molecular weight is 284 g/mol. The fourth-order valence-corrected chi connectivity index (χ4v) is 3.18. The van der Waals surface area contributed by atoms with Crippen LogP contribution in [0.15, 0.2) is 36.4 Å². The molecule has 0 aromatic heterocycles. The van der Waals surface area contributed by atoms with Gasteiger partial charge in [0.2, 0.25) is 11.8 Å². The van der Waals surface area contributed by atoms with Crippen LogP contribution in [0.5, 0.6) is 0 Å². The van der Waals surface area contributed by atoms with Crippen LogP contribution in [0.3, 0.4) is 0 Å². The molecule has 0 unspecified atom stereocenters. The quantitative estimate of drug-likeness (QED) is 0.681. The smallest absolute Gasteiger partial charge is 0.238 e. The minimum Gasteiger partial charge on any atom is -0.313 e. The zero-order chi connectivity index (χ0) is 14.8. The molecule has 2 atom stereocenters. The number of nitrogens with one attached hydrogen (secondary N) is 1. The Bertz CT molecular complexity index is 568. The second-order valence-corrected chi connectivity index (χ2v) is 5.58. The SMILES string of the molecule is CCNCc1ccccc1N1C(=O)[C@H]2CC=CC[C@H]2C1=O. The number of anilines is 1. The molecule has 1 aromatic rings. The molecule has 1 fully saturated rings. The van der Waals surface area contributed by atoms with Gasteiger partial charge < -0.3 is 5.32 Å². The molecule has 1 aromatic carbocycles. The van der Waals surface area contributed by atoms with Gasteiger partial charge in [-0.1, -0.05) is 37.3 Å². The minimum atomic E-state index is -0.172. The first kappa shape index (κ1) is 14.0. The summed E-state index contributed by atoms with van der Waals surface area (Å²) in [5.74, 6) is -0.430. The third-order valence-corrected chi connectivity index (χ3v) is 4.31. The summed E-state index contributed by atoms with van der Waals surface area (Å²) in [5.41, 5.74) is 1.73. The summed E-state index contributed by atoms with van der Waals surface area (Å²) in [7, 11) is 0. The Morgan fingerprint density at radius 2 is 1.71 bits per heavy atom. The molecule has 2 aliphatic rings. The first-order chi connectivity index (χ1) is 10.2. The van der Waals surface area contributed by atoms with Crippen LogP contribution in [0.2, 0.25) is 0 Å². The van der Waals surface area contributed by atoms with Crippen molar-refractivity contribution in [3.8, 4) is 0 Å². The number of benzene rings is 1. The molecule has 2 amide bonds. The lowest BCUT2D eigenvalue weighted by Crippen LogP contribution is -2.32. The van der Waals surface area contributed by atoms with Gasteiger partial charge in [-0.3, -0.25) is 9.59 Å². The van der Waals surface area contributed by atoms with Crippen molar-refractivity contribution in [1.29, 1.82) is 0 Å². The van der Waals surface area contributed by atoms with Crippen molar-refractivity contribution in [2.75, 3.05) is 11.4 Å². The van der Waals surface area contributed by atoms with Crippen LogP contribution in [-0.2, 0) is 16.1 Å². The molecule has 1 saturated heterocycles. The lowest BCUT2D eigenvalue weighted by atomic mass is 9.85. The molecule has 1 heterocycles. The van der Waals surface area contributed by atoms with Gasteiger partial charge in [-0.25, -0.2) is 4.90 Å². The van der Waals surface area contributed by atoms with Crippen LogP contribution < -0.4 is 10.2 Å².